The number of nitrogens with zero attached hydrogens (tertiary/aromatic N) is 4. The van der Waals surface area contributed by atoms with Crippen LogP contribution in [0, 0.1) is 12.3 Å². The zero-order chi connectivity index (χ0) is 19.4. The Balaban J connectivity index is 1.79. The number of esters is 1. The molecule has 8 nitrogen and oxygen atoms in total. The maximum Gasteiger partial charge on any atom is 0.305 e. The van der Waals surface area contributed by atoms with Crippen molar-refractivity contribution in [2.75, 3.05) is 7.11 Å². The van der Waals surface area contributed by atoms with Crippen LogP contribution in [0.25, 0.3) is 17.1 Å². The molecule has 3 rings (SSSR count). The van der Waals surface area contributed by atoms with Crippen molar-refractivity contribution in [1.82, 2.24) is 19.5 Å². The Bertz CT molecular complexity index is 978. The van der Waals surface area contributed by atoms with E-state index in [4.69, 9.17) is 11.1 Å². The third-order valence-electron chi connectivity index (χ3n) is 4.15. The van der Waals surface area contributed by atoms with Gasteiger partial charge in [-0.2, -0.15) is 0 Å². The lowest BCUT2D eigenvalue weighted by Gasteiger charge is -2.08. The first-order valence-electron chi connectivity index (χ1n) is 8.36. The van der Waals surface area contributed by atoms with Crippen LogP contribution in [0.4, 0.5) is 0 Å². The molecule has 0 saturated carbocycles. The van der Waals surface area contributed by atoms with E-state index >= 15 is 0 Å². The van der Waals surface area contributed by atoms with Gasteiger partial charge in [0.2, 0.25) is 5.95 Å². The summed E-state index contributed by atoms with van der Waals surface area (Å²) >= 11 is 0. The second-order valence-corrected chi connectivity index (χ2v) is 6.01. The molecule has 0 aliphatic heterocycles. The topological polar surface area (TPSA) is 120 Å². The van der Waals surface area contributed by atoms with Crippen molar-refractivity contribution < 1.29 is 9.53 Å². The van der Waals surface area contributed by atoms with Crippen LogP contribution >= 0.6 is 0 Å². The highest BCUT2D eigenvalue weighted by Gasteiger charge is 2.10. The van der Waals surface area contributed by atoms with E-state index in [2.05, 4.69) is 19.7 Å². The van der Waals surface area contributed by atoms with Crippen LogP contribution in [0.1, 0.15) is 23.4 Å². The molecule has 27 heavy (non-hydrogen) atoms. The summed E-state index contributed by atoms with van der Waals surface area (Å²) in [5, 5.41) is 7.46. The molecule has 0 unspecified atom stereocenters. The summed E-state index contributed by atoms with van der Waals surface area (Å²) in [5.41, 5.74) is 9.61. The van der Waals surface area contributed by atoms with Gasteiger partial charge in [-0.15, -0.1) is 0 Å². The lowest BCUT2D eigenvalue weighted by Crippen LogP contribution is -2.10. The molecule has 0 radical (unpaired) electrons. The number of nitrogen functional groups attached to an aromatic ring is 1. The van der Waals surface area contributed by atoms with Gasteiger partial charge in [0.1, 0.15) is 12.2 Å². The van der Waals surface area contributed by atoms with Crippen LogP contribution < -0.4 is 5.73 Å². The lowest BCUT2D eigenvalue weighted by molar-refractivity contribution is -0.140. The van der Waals surface area contributed by atoms with Crippen molar-refractivity contribution in [3.63, 3.8) is 0 Å². The third kappa shape index (κ3) is 4.17. The molecule has 138 valence electrons. The van der Waals surface area contributed by atoms with E-state index in [0.717, 1.165) is 22.5 Å². The Hall–Kier alpha value is -3.55. The minimum absolute atomic E-state index is 0.0352. The first-order chi connectivity index (χ1) is 13.0. The summed E-state index contributed by atoms with van der Waals surface area (Å²) in [7, 11) is 1.37. The van der Waals surface area contributed by atoms with Crippen LogP contribution in [0.3, 0.4) is 0 Å². The second-order valence-electron chi connectivity index (χ2n) is 6.01. The molecule has 0 fully saturated rings. The molecule has 0 saturated heterocycles. The average Bonchev–Trinajstić information content (AvgIpc) is 3.15. The van der Waals surface area contributed by atoms with Gasteiger partial charge in [0.25, 0.3) is 0 Å². The fourth-order valence-corrected chi connectivity index (χ4v) is 2.63. The lowest BCUT2D eigenvalue weighted by atomic mass is 10.0. The van der Waals surface area contributed by atoms with E-state index in [1.807, 2.05) is 19.1 Å². The van der Waals surface area contributed by atoms with Gasteiger partial charge in [-0.1, -0.05) is 24.3 Å². The highest BCUT2D eigenvalue weighted by atomic mass is 16.5. The number of imidazole rings is 1. The zero-order valence-corrected chi connectivity index (χ0v) is 15.1. The van der Waals surface area contributed by atoms with E-state index < -0.39 is 0 Å². The molecule has 1 aromatic carbocycles. The number of hydrogen-bond acceptors (Lipinski definition) is 6. The van der Waals surface area contributed by atoms with Gasteiger partial charge in [-0.3, -0.25) is 14.8 Å². The number of aryl methyl sites for hydroxylation is 2. The molecule has 3 aromatic rings. The molecule has 0 aliphatic rings. The largest absolute Gasteiger partial charge is 0.469 e. The molecule has 0 bridgehead atoms. The van der Waals surface area contributed by atoms with Crippen molar-refractivity contribution in [1.29, 1.82) is 5.41 Å². The summed E-state index contributed by atoms with van der Waals surface area (Å²) in [4.78, 5) is 24.5. The Morgan fingerprint density at radius 3 is 2.63 bits per heavy atom. The van der Waals surface area contributed by atoms with E-state index in [0.29, 0.717) is 17.9 Å². The smallest absolute Gasteiger partial charge is 0.305 e. The van der Waals surface area contributed by atoms with E-state index in [9.17, 15) is 4.79 Å². The van der Waals surface area contributed by atoms with Gasteiger partial charge in [-0.25, -0.2) is 15.0 Å². The molecule has 0 atom stereocenters. The fourth-order valence-electron chi connectivity index (χ4n) is 2.63. The number of nitrogens with two attached hydrogens (primary N) is 1. The summed E-state index contributed by atoms with van der Waals surface area (Å²) in [5.74, 6) is 0.276. The standard InChI is InChI=1S/C19H20N6O2/c1-12-16(13-3-5-14(6-4-13)18(20)21)9-22-19(24-12)25-10-15(23-11-25)7-8-17(26)27-2/h3-6,9-11H,7-8H2,1-2H3,(H3,20,21). The van der Waals surface area contributed by atoms with Crippen molar-refractivity contribution >= 4 is 11.8 Å². The molecular formula is C19H20N6O2. The van der Waals surface area contributed by atoms with Gasteiger partial charge in [0.15, 0.2) is 0 Å². The molecule has 2 aromatic heterocycles. The van der Waals surface area contributed by atoms with Gasteiger partial charge >= 0.3 is 5.97 Å². The normalized spacial score (nSPS) is 10.6. The third-order valence-corrected chi connectivity index (χ3v) is 4.15. The van der Waals surface area contributed by atoms with E-state index in [1.54, 1.807) is 35.4 Å². The van der Waals surface area contributed by atoms with Crippen LogP contribution in [-0.2, 0) is 16.0 Å². The molecule has 2 heterocycles. The van der Waals surface area contributed by atoms with Crippen molar-refractivity contribution in [2.45, 2.75) is 19.8 Å². The fraction of sp³-hybridized carbons (Fsp3) is 0.211. The van der Waals surface area contributed by atoms with Gasteiger partial charge in [0, 0.05) is 29.9 Å². The quantitative estimate of drug-likeness (QED) is 0.392. The summed E-state index contributed by atoms with van der Waals surface area (Å²) in [6.07, 6.45) is 5.97. The van der Waals surface area contributed by atoms with Gasteiger partial charge in [0.05, 0.1) is 24.9 Å². The summed E-state index contributed by atoms with van der Waals surface area (Å²) in [6.45, 7) is 1.91. The number of carbonyl (C=O) groups excluding carboxylic acids is 1. The predicted molar refractivity (Wildman–Crippen MR) is 101 cm³/mol. The monoisotopic (exact) mass is 364 g/mol. The van der Waals surface area contributed by atoms with E-state index in [-0.39, 0.29) is 18.2 Å². The first kappa shape index (κ1) is 18.2. The summed E-state index contributed by atoms with van der Waals surface area (Å²) in [6, 6.07) is 7.39. The molecule has 3 N–H and O–H groups in total. The maximum atomic E-state index is 11.2. The van der Waals surface area contributed by atoms with Gasteiger partial charge in [-0.05, 0) is 12.5 Å². The van der Waals surface area contributed by atoms with Gasteiger partial charge < -0.3 is 10.5 Å². The highest BCUT2D eigenvalue weighted by Crippen LogP contribution is 2.22. The number of benzene rings is 1. The molecule has 8 heteroatoms. The second kappa shape index (κ2) is 7.77. The van der Waals surface area contributed by atoms with Crippen molar-refractivity contribution in [3.8, 4) is 17.1 Å². The number of ether oxygens (including phenoxy) is 1. The number of methoxy groups -OCH3 is 1. The minimum atomic E-state index is -0.267. The van der Waals surface area contributed by atoms with Crippen LogP contribution in [-0.4, -0.2) is 38.4 Å². The molecule has 0 amide bonds. The SMILES string of the molecule is COC(=O)CCc1cn(-c2ncc(-c3ccc(C(=N)N)cc3)c(C)n2)cn1. The molecule has 0 spiro atoms. The number of aromatic nitrogens is 4. The Kier molecular flexibility index (Phi) is 5.25. The Morgan fingerprint density at radius 1 is 1.26 bits per heavy atom. The number of nitrogens with one attached hydrogen (secondary N) is 1. The number of amidine groups is 1. The first-order valence-corrected chi connectivity index (χ1v) is 8.36. The highest BCUT2D eigenvalue weighted by molar-refractivity contribution is 5.95. The minimum Gasteiger partial charge on any atom is -0.469 e. The van der Waals surface area contributed by atoms with Crippen LogP contribution in [0.15, 0.2) is 43.0 Å². The van der Waals surface area contributed by atoms with Crippen molar-refractivity contribution in [2.24, 2.45) is 5.73 Å². The number of carbonyl (C=O) groups is 1. The Labute approximate surface area is 156 Å². The van der Waals surface area contributed by atoms with Crippen molar-refractivity contribution in [3.05, 3.63) is 59.9 Å². The number of rotatable bonds is 6. The Morgan fingerprint density at radius 2 is 2.00 bits per heavy atom. The molecular weight excluding hydrogens is 344 g/mol. The van der Waals surface area contributed by atoms with Crippen LogP contribution in [0.2, 0.25) is 0 Å². The average molecular weight is 364 g/mol. The van der Waals surface area contributed by atoms with E-state index in [1.165, 1.54) is 7.11 Å². The number of hydrogen-bond donors (Lipinski definition) is 2. The maximum absolute atomic E-state index is 11.2. The van der Waals surface area contributed by atoms with Crippen LogP contribution in [0.5, 0.6) is 0 Å². The zero-order valence-electron chi connectivity index (χ0n) is 15.1. The predicted octanol–water partition coefficient (Wildman–Crippen LogP) is 2.03. The molecule has 0 aliphatic carbocycles. The summed E-state index contributed by atoms with van der Waals surface area (Å²) < 4.78 is 6.36.